The van der Waals surface area contributed by atoms with Crippen molar-refractivity contribution in [2.75, 3.05) is 7.11 Å². The van der Waals surface area contributed by atoms with E-state index in [2.05, 4.69) is 15.3 Å². The molecule has 0 saturated carbocycles. The molecule has 142 valence electrons. The first kappa shape index (κ1) is 18.4. The number of nitrogens with one attached hydrogen (secondary N) is 1. The summed E-state index contributed by atoms with van der Waals surface area (Å²) >= 11 is 3.07. The van der Waals surface area contributed by atoms with Crippen molar-refractivity contribution in [3.8, 4) is 16.3 Å². The van der Waals surface area contributed by atoms with Crippen LogP contribution in [0.2, 0.25) is 0 Å². The van der Waals surface area contributed by atoms with Gasteiger partial charge in [0.15, 0.2) is 0 Å². The van der Waals surface area contributed by atoms with Gasteiger partial charge in [-0.2, -0.15) is 11.3 Å². The number of imidazole rings is 1. The maximum absolute atomic E-state index is 12.9. The number of carbonyl (C=O) groups excluding carboxylic acids is 1. The van der Waals surface area contributed by atoms with Crippen LogP contribution in [0, 0.1) is 0 Å². The fraction of sp³-hybridized carbons (Fsp3) is 0.150. The van der Waals surface area contributed by atoms with E-state index in [1.165, 1.54) is 11.3 Å². The first-order valence-corrected chi connectivity index (χ1v) is 10.4. The standard InChI is InChI=1S/C20H18N4O2S2/c1-24-9-8-21-18(24)17(13-3-5-15(26-2)6-4-13)23-19(25)16-12-28-20(22-16)14-7-10-27-11-14/h3-12,17H,1-2H3,(H,23,25)/t17-/m1/s1. The molecule has 4 rings (SSSR count). The Bertz CT molecular complexity index is 1070. The summed E-state index contributed by atoms with van der Waals surface area (Å²) in [6.45, 7) is 0. The molecule has 0 aliphatic rings. The van der Waals surface area contributed by atoms with Gasteiger partial charge >= 0.3 is 0 Å². The first-order chi connectivity index (χ1) is 13.7. The summed E-state index contributed by atoms with van der Waals surface area (Å²) in [4.78, 5) is 21.8. The van der Waals surface area contributed by atoms with Crippen LogP contribution in [0.1, 0.15) is 27.9 Å². The zero-order valence-electron chi connectivity index (χ0n) is 15.3. The van der Waals surface area contributed by atoms with Crippen molar-refractivity contribution in [3.05, 3.63) is 75.9 Å². The molecule has 28 heavy (non-hydrogen) atoms. The highest BCUT2D eigenvalue weighted by Crippen LogP contribution is 2.27. The molecule has 0 saturated heterocycles. The van der Waals surface area contributed by atoms with Gasteiger partial charge < -0.3 is 14.6 Å². The largest absolute Gasteiger partial charge is 0.497 e. The minimum absolute atomic E-state index is 0.235. The number of methoxy groups -OCH3 is 1. The highest BCUT2D eigenvalue weighted by Gasteiger charge is 2.23. The second-order valence-corrected chi connectivity index (χ2v) is 7.76. The first-order valence-electron chi connectivity index (χ1n) is 8.56. The lowest BCUT2D eigenvalue weighted by atomic mass is 10.1. The molecule has 0 unspecified atom stereocenters. The highest BCUT2D eigenvalue weighted by molar-refractivity contribution is 7.14. The summed E-state index contributed by atoms with van der Waals surface area (Å²) in [5, 5.41) is 9.71. The van der Waals surface area contributed by atoms with Crippen molar-refractivity contribution in [1.82, 2.24) is 19.9 Å². The van der Waals surface area contributed by atoms with Crippen LogP contribution in [0.15, 0.2) is 58.9 Å². The van der Waals surface area contributed by atoms with E-state index in [-0.39, 0.29) is 5.91 Å². The Labute approximate surface area is 170 Å². The number of aryl methyl sites for hydroxylation is 1. The summed E-state index contributed by atoms with van der Waals surface area (Å²) in [5.74, 6) is 1.27. The van der Waals surface area contributed by atoms with Gasteiger partial charge in [-0.1, -0.05) is 12.1 Å². The van der Waals surface area contributed by atoms with Crippen LogP contribution in [-0.2, 0) is 7.05 Å². The zero-order chi connectivity index (χ0) is 19.5. The van der Waals surface area contributed by atoms with Crippen LogP contribution < -0.4 is 10.1 Å². The molecule has 6 nitrogen and oxygen atoms in total. The monoisotopic (exact) mass is 410 g/mol. The molecule has 3 aromatic heterocycles. The summed E-state index contributed by atoms with van der Waals surface area (Å²) in [6, 6.07) is 9.19. The summed E-state index contributed by atoms with van der Waals surface area (Å²) < 4.78 is 7.13. The van der Waals surface area contributed by atoms with Gasteiger partial charge in [0.05, 0.1) is 7.11 Å². The molecule has 1 aromatic carbocycles. The number of hydrogen-bond donors (Lipinski definition) is 1. The van der Waals surface area contributed by atoms with Gasteiger partial charge in [0.1, 0.15) is 28.3 Å². The number of nitrogens with zero attached hydrogens (tertiary/aromatic N) is 3. The van der Waals surface area contributed by atoms with Crippen LogP contribution in [0.25, 0.3) is 10.6 Å². The lowest BCUT2D eigenvalue weighted by Crippen LogP contribution is -2.31. The average Bonchev–Trinajstić information content (AvgIpc) is 3.47. The van der Waals surface area contributed by atoms with Gasteiger partial charge in [-0.25, -0.2) is 9.97 Å². The zero-order valence-corrected chi connectivity index (χ0v) is 17.0. The van der Waals surface area contributed by atoms with E-state index in [1.54, 1.807) is 30.0 Å². The topological polar surface area (TPSA) is 69.0 Å². The van der Waals surface area contributed by atoms with Gasteiger partial charge in [-0.05, 0) is 29.1 Å². The highest BCUT2D eigenvalue weighted by atomic mass is 32.1. The third kappa shape index (κ3) is 3.69. The van der Waals surface area contributed by atoms with E-state index in [1.807, 2.05) is 58.9 Å². The number of hydrogen-bond acceptors (Lipinski definition) is 6. The Kier molecular flexibility index (Phi) is 5.23. The predicted molar refractivity (Wildman–Crippen MR) is 111 cm³/mol. The van der Waals surface area contributed by atoms with Crippen molar-refractivity contribution in [2.24, 2.45) is 7.05 Å². The molecule has 0 bridgehead atoms. The average molecular weight is 411 g/mol. The lowest BCUT2D eigenvalue weighted by Gasteiger charge is -2.19. The van der Waals surface area contributed by atoms with Crippen molar-refractivity contribution in [1.29, 1.82) is 0 Å². The maximum Gasteiger partial charge on any atom is 0.271 e. The van der Waals surface area contributed by atoms with Crippen molar-refractivity contribution in [3.63, 3.8) is 0 Å². The molecule has 8 heteroatoms. The van der Waals surface area contributed by atoms with Crippen LogP contribution in [0.4, 0.5) is 0 Å². The van der Waals surface area contributed by atoms with E-state index in [4.69, 9.17) is 4.74 Å². The number of amides is 1. The van der Waals surface area contributed by atoms with E-state index >= 15 is 0 Å². The molecule has 0 radical (unpaired) electrons. The SMILES string of the molecule is COc1ccc([C@@H](NC(=O)c2csc(-c3ccsc3)n2)c2nccn2C)cc1. The molecular weight excluding hydrogens is 392 g/mol. The van der Waals surface area contributed by atoms with E-state index in [0.717, 1.165) is 27.7 Å². The predicted octanol–water partition coefficient (Wildman–Crippen LogP) is 4.13. The number of ether oxygens (including phenoxy) is 1. The number of rotatable bonds is 6. The van der Waals surface area contributed by atoms with Gasteiger partial charge in [-0.15, -0.1) is 11.3 Å². The fourth-order valence-corrected chi connectivity index (χ4v) is 4.36. The third-order valence-electron chi connectivity index (χ3n) is 4.35. The molecule has 1 N–H and O–H groups in total. The third-order valence-corrected chi connectivity index (χ3v) is 5.92. The molecule has 4 aromatic rings. The molecule has 0 aliphatic heterocycles. The molecule has 0 spiro atoms. The van der Waals surface area contributed by atoms with Gasteiger partial charge in [0, 0.05) is 35.8 Å². The van der Waals surface area contributed by atoms with Gasteiger partial charge in [0.2, 0.25) is 0 Å². The molecule has 1 atom stereocenters. The minimum Gasteiger partial charge on any atom is -0.497 e. The molecule has 3 heterocycles. The molecule has 0 fully saturated rings. The summed E-state index contributed by atoms with van der Waals surface area (Å²) in [6.07, 6.45) is 3.57. The number of carbonyl (C=O) groups is 1. The quantitative estimate of drug-likeness (QED) is 0.519. The normalized spacial score (nSPS) is 11.9. The Hall–Kier alpha value is -2.97. The fourth-order valence-electron chi connectivity index (χ4n) is 2.85. The summed E-state index contributed by atoms with van der Waals surface area (Å²) in [7, 11) is 3.53. The minimum atomic E-state index is -0.398. The Balaban J connectivity index is 1.62. The van der Waals surface area contributed by atoms with Crippen LogP contribution in [0.5, 0.6) is 5.75 Å². The maximum atomic E-state index is 12.9. The van der Waals surface area contributed by atoms with Crippen LogP contribution in [0.3, 0.4) is 0 Å². The second kappa shape index (κ2) is 7.95. The Morgan fingerprint density at radius 1 is 1.21 bits per heavy atom. The van der Waals surface area contributed by atoms with Crippen molar-refractivity contribution in [2.45, 2.75) is 6.04 Å². The Morgan fingerprint density at radius 3 is 2.68 bits per heavy atom. The lowest BCUT2D eigenvalue weighted by molar-refractivity contribution is 0.0937. The second-order valence-electron chi connectivity index (χ2n) is 6.13. The number of thiophene rings is 1. The van der Waals surface area contributed by atoms with E-state index < -0.39 is 6.04 Å². The number of aromatic nitrogens is 3. The van der Waals surface area contributed by atoms with Crippen molar-refractivity contribution >= 4 is 28.6 Å². The van der Waals surface area contributed by atoms with Crippen LogP contribution in [-0.4, -0.2) is 27.6 Å². The van der Waals surface area contributed by atoms with Crippen LogP contribution >= 0.6 is 22.7 Å². The van der Waals surface area contributed by atoms with Gasteiger partial charge in [-0.3, -0.25) is 4.79 Å². The molecule has 0 aliphatic carbocycles. The van der Waals surface area contributed by atoms with E-state index in [9.17, 15) is 4.79 Å². The molecular formula is C20H18N4O2S2. The summed E-state index contributed by atoms with van der Waals surface area (Å²) in [5.41, 5.74) is 2.35. The molecule has 1 amide bonds. The van der Waals surface area contributed by atoms with Gasteiger partial charge in [0.25, 0.3) is 5.91 Å². The number of thiazole rings is 1. The Morgan fingerprint density at radius 2 is 2.04 bits per heavy atom. The van der Waals surface area contributed by atoms with E-state index in [0.29, 0.717) is 5.69 Å². The van der Waals surface area contributed by atoms with Crippen molar-refractivity contribution < 1.29 is 9.53 Å². The smallest absolute Gasteiger partial charge is 0.271 e. The number of benzene rings is 1.